The Morgan fingerprint density at radius 3 is 2.83 bits per heavy atom. The maximum absolute atomic E-state index is 3.61. The molecule has 0 amide bonds. The summed E-state index contributed by atoms with van der Waals surface area (Å²) in [6.07, 6.45) is 2.74. The van der Waals surface area contributed by atoms with Crippen molar-refractivity contribution in [3.63, 3.8) is 0 Å². The van der Waals surface area contributed by atoms with Gasteiger partial charge in [-0.05, 0) is 43.7 Å². The van der Waals surface area contributed by atoms with Crippen LogP contribution in [0.4, 0.5) is 0 Å². The van der Waals surface area contributed by atoms with E-state index in [4.69, 9.17) is 0 Å². The van der Waals surface area contributed by atoms with Crippen molar-refractivity contribution >= 4 is 11.3 Å². The van der Waals surface area contributed by atoms with Gasteiger partial charge in [0.05, 0.1) is 0 Å². The molecule has 1 aliphatic carbocycles. The third-order valence-corrected chi connectivity index (χ3v) is 3.56. The summed E-state index contributed by atoms with van der Waals surface area (Å²) in [5.74, 6) is 0. The molecule has 1 heterocycles. The van der Waals surface area contributed by atoms with Crippen LogP contribution >= 0.6 is 11.3 Å². The van der Waals surface area contributed by atoms with Crippen molar-refractivity contribution in [3.05, 3.63) is 21.9 Å². The fourth-order valence-corrected chi connectivity index (χ4v) is 2.45. The second kappa shape index (κ2) is 3.19. The number of hydrogen-bond donors (Lipinski definition) is 1. The van der Waals surface area contributed by atoms with E-state index in [-0.39, 0.29) is 0 Å². The van der Waals surface area contributed by atoms with Gasteiger partial charge in [0.2, 0.25) is 0 Å². The summed E-state index contributed by atoms with van der Waals surface area (Å²) in [4.78, 5) is 1.50. The Kier molecular flexibility index (Phi) is 2.20. The van der Waals surface area contributed by atoms with E-state index < -0.39 is 0 Å². The van der Waals surface area contributed by atoms with Crippen LogP contribution in [0.25, 0.3) is 0 Å². The molecular formula is C10H15NS. The molecule has 2 rings (SSSR count). The number of rotatable bonds is 3. The molecule has 1 atom stereocenters. The first-order valence-corrected chi connectivity index (χ1v) is 5.45. The smallest absolute Gasteiger partial charge is 0.0390 e. The first-order chi connectivity index (χ1) is 5.77. The molecule has 1 N–H and O–H groups in total. The Morgan fingerprint density at radius 1 is 1.58 bits per heavy atom. The van der Waals surface area contributed by atoms with Gasteiger partial charge in [0.15, 0.2) is 0 Å². The molecule has 1 nitrogen and oxygen atoms in total. The van der Waals surface area contributed by atoms with E-state index in [1.165, 1.54) is 23.3 Å². The van der Waals surface area contributed by atoms with Gasteiger partial charge < -0.3 is 5.32 Å². The van der Waals surface area contributed by atoms with E-state index in [0.29, 0.717) is 6.04 Å². The molecule has 0 radical (unpaired) electrons. The topological polar surface area (TPSA) is 12.0 Å². The lowest BCUT2D eigenvalue weighted by molar-refractivity contribution is 0.577. The van der Waals surface area contributed by atoms with Crippen LogP contribution in [0, 0.1) is 6.92 Å². The monoisotopic (exact) mass is 181 g/mol. The number of thiophene rings is 1. The maximum Gasteiger partial charge on any atom is 0.0390 e. The van der Waals surface area contributed by atoms with Crippen molar-refractivity contribution in [2.45, 2.75) is 38.8 Å². The van der Waals surface area contributed by atoms with Crippen LogP contribution in [0.15, 0.2) is 11.4 Å². The van der Waals surface area contributed by atoms with Crippen LogP contribution in [0.3, 0.4) is 0 Å². The second-order valence-electron chi connectivity index (χ2n) is 3.63. The highest BCUT2D eigenvalue weighted by molar-refractivity contribution is 7.10. The number of aryl methyl sites for hydroxylation is 1. The summed E-state index contributed by atoms with van der Waals surface area (Å²) >= 11 is 1.86. The maximum atomic E-state index is 3.61. The fraction of sp³-hybridized carbons (Fsp3) is 0.600. The Labute approximate surface area is 77.8 Å². The zero-order chi connectivity index (χ0) is 8.55. The highest BCUT2D eigenvalue weighted by Crippen LogP contribution is 2.28. The number of hydrogen-bond acceptors (Lipinski definition) is 2. The normalized spacial score (nSPS) is 19.5. The van der Waals surface area contributed by atoms with Gasteiger partial charge in [0.25, 0.3) is 0 Å². The summed E-state index contributed by atoms with van der Waals surface area (Å²) in [6, 6.07) is 3.56. The molecule has 12 heavy (non-hydrogen) atoms. The zero-order valence-electron chi connectivity index (χ0n) is 7.63. The molecule has 0 aliphatic heterocycles. The minimum absolute atomic E-state index is 0.553. The minimum atomic E-state index is 0.553. The molecule has 1 aromatic heterocycles. The SMILES string of the molecule is Cc1ccsc1C(C)NC1CC1. The Bertz CT molecular complexity index is 263. The van der Waals surface area contributed by atoms with Crippen molar-refractivity contribution in [1.29, 1.82) is 0 Å². The lowest BCUT2D eigenvalue weighted by Gasteiger charge is -2.12. The summed E-state index contributed by atoms with van der Waals surface area (Å²) in [6.45, 7) is 4.45. The molecule has 1 aromatic rings. The highest BCUT2D eigenvalue weighted by Gasteiger charge is 2.23. The summed E-state index contributed by atoms with van der Waals surface area (Å²) < 4.78 is 0. The predicted octanol–water partition coefficient (Wildman–Crippen LogP) is 2.87. The van der Waals surface area contributed by atoms with E-state index in [1.54, 1.807) is 0 Å². The average molecular weight is 181 g/mol. The summed E-state index contributed by atoms with van der Waals surface area (Å²) in [5, 5.41) is 5.78. The van der Waals surface area contributed by atoms with Gasteiger partial charge in [-0.3, -0.25) is 0 Å². The molecule has 0 spiro atoms. The van der Waals surface area contributed by atoms with Gasteiger partial charge in [-0.2, -0.15) is 0 Å². The van der Waals surface area contributed by atoms with E-state index in [2.05, 4.69) is 30.6 Å². The lowest BCUT2D eigenvalue weighted by Crippen LogP contribution is -2.20. The van der Waals surface area contributed by atoms with Gasteiger partial charge in [0, 0.05) is 17.0 Å². The Morgan fingerprint density at radius 2 is 2.33 bits per heavy atom. The molecule has 1 aliphatic rings. The fourth-order valence-electron chi connectivity index (χ4n) is 1.51. The molecule has 1 saturated carbocycles. The van der Waals surface area contributed by atoms with Crippen molar-refractivity contribution in [1.82, 2.24) is 5.32 Å². The first kappa shape index (κ1) is 8.27. The third kappa shape index (κ3) is 1.70. The van der Waals surface area contributed by atoms with E-state index in [1.807, 2.05) is 11.3 Å². The van der Waals surface area contributed by atoms with Crippen LogP contribution in [0.2, 0.25) is 0 Å². The molecule has 0 aromatic carbocycles. The quantitative estimate of drug-likeness (QED) is 0.756. The molecule has 66 valence electrons. The Hall–Kier alpha value is -0.340. The van der Waals surface area contributed by atoms with Crippen molar-refractivity contribution in [3.8, 4) is 0 Å². The molecule has 0 saturated heterocycles. The van der Waals surface area contributed by atoms with Crippen molar-refractivity contribution in [2.24, 2.45) is 0 Å². The van der Waals surface area contributed by atoms with E-state index in [0.717, 1.165) is 6.04 Å². The van der Waals surface area contributed by atoms with Gasteiger partial charge in [0.1, 0.15) is 0 Å². The largest absolute Gasteiger partial charge is 0.307 e. The Balaban J connectivity index is 2.02. The summed E-state index contributed by atoms with van der Waals surface area (Å²) in [7, 11) is 0. The predicted molar refractivity (Wildman–Crippen MR) is 53.6 cm³/mol. The molecule has 2 heteroatoms. The molecule has 1 unspecified atom stereocenters. The van der Waals surface area contributed by atoms with E-state index in [9.17, 15) is 0 Å². The zero-order valence-corrected chi connectivity index (χ0v) is 8.45. The lowest BCUT2D eigenvalue weighted by atomic mass is 10.2. The van der Waals surface area contributed by atoms with Crippen LogP contribution < -0.4 is 5.32 Å². The summed E-state index contributed by atoms with van der Waals surface area (Å²) in [5.41, 5.74) is 1.43. The van der Waals surface area contributed by atoms with E-state index >= 15 is 0 Å². The second-order valence-corrected chi connectivity index (χ2v) is 4.58. The van der Waals surface area contributed by atoms with Gasteiger partial charge in [-0.15, -0.1) is 11.3 Å². The molecular weight excluding hydrogens is 166 g/mol. The number of nitrogens with one attached hydrogen (secondary N) is 1. The minimum Gasteiger partial charge on any atom is -0.307 e. The standard InChI is InChI=1S/C10H15NS/c1-7-5-6-12-10(7)8(2)11-9-3-4-9/h5-6,8-9,11H,3-4H2,1-2H3. The van der Waals surface area contributed by atoms with Gasteiger partial charge in [-0.25, -0.2) is 0 Å². The van der Waals surface area contributed by atoms with Crippen LogP contribution in [0.1, 0.15) is 36.2 Å². The van der Waals surface area contributed by atoms with Crippen LogP contribution in [0.5, 0.6) is 0 Å². The van der Waals surface area contributed by atoms with Gasteiger partial charge >= 0.3 is 0 Å². The van der Waals surface area contributed by atoms with Crippen LogP contribution in [-0.2, 0) is 0 Å². The molecule has 1 fully saturated rings. The molecule has 0 bridgehead atoms. The highest BCUT2D eigenvalue weighted by atomic mass is 32.1. The van der Waals surface area contributed by atoms with Crippen molar-refractivity contribution < 1.29 is 0 Å². The third-order valence-electron chi connectivity index (χ3n) is 2.36. The average Bonchev–Trinajstić information content (AvgIpc) is 2.72. The van der Waals surface area contributed by atoms with Crippen molar-refractivity contribution in [2.75, 3.05) is 0 Å². The van der Waals surface area contributed by atoms with Gasteiger partial charge in [-0.1, -0.05) is 0 Å². The van der Waals surface area contributed by atoms with Crippen LogP contribution in [-0.4, -0.2) is 6.04 Å². The first-order valence-electron chi connectivity index (χ1n) is 4.57.